The summed E-state index contributed by atoms with van der Waals surface area (Å²) >= 11 is 0. The Kier molecular flexibility index (Phi) is 3.58. The van der Waals surface area contributed by atoms with E-state index in [9.17, 15) is 4.79 Å². The van der Waals surface area contributed by atoms with Gasteiger partial charge in [0.2, 0.25) is 0 Å². The van der Waals surface area contributed by atoms with Crippen LogP contribution in [0.4, 0.5) is 0 Å². The number of nitrogens with zero attached hydrogens (tertiary/aromatic N) is 2. The average molecular weight is 244 g/mol. The molecule has 0 aliphatic heterocycles. The molecule has 1 heterocycles. The lowest BCUT2D eigenvalue weighted by Crippen LogP contribution is -2.04. The van der Waals surface area contributed by atoms with Crippen molar-refractivity contribution >= 4 is 6.29 Å². The van der Waals surface area contributed by atoms with E-state index in [1.807, 2.05) is 42.8 Å². The number of aldehydes is 1. The minimum absolute atomic E-state index is 0.0511. The molecular weight excluding hydrogens is 228 g/mol. The van der Waals surface area contributed by atoms with Crippen LogP contribution in [0.5, 0.6) is 0 Å². The summed E-state index contributed by atoms with van der Waals surface area (Å²) < 4.78 is 1.83. The predicted molar refractivity (Wildman–Crippen MR) is 68.6 cm³/mol. The van der Waals surface area contributed by atoms with Crippen LogP contribution in [0.1, 0.15) is 32.9 Å². The molecule has 0 aliphatic rings. The second-order valence-electron chi connectivity index (χ2n) is 4.33. The molecule has 0 spiro atoms. The molecule has 0 radical (unpaired) electrons. The van der Waals surface area contributed by atoms with Crippen LogP contribution in [0, 0.1) is 13.8 Å². The third-order valence-electron chi connectivity index (χ3n) is 3.09. The van der Waals surface area contributed by atoms with Crippen LogP contribution >= 0.6 is 0 Å². The summed E-state index contributed by atoms with van der Waals surface area (Å²) in [7, 11) is 0. The van der Waals surface area contributed by atoms with E-state index in [1.54, 1.807) is 0 Å². The molecule has 2 aromatic rings. The van der Waals surface area contributed by atoms with E-state index in [2.05, 4.69) is 5.10 Å². The Morgan fingerprint density at radius 2 is 1.83 bits per heavy atom. The molecule has 0 atom stereocenters. The van der Waals surface area contributed by atoms with Crippen molar-refractivity contribution in [3.05, 3.63) is 52.3 Å². The van der Waals surface area contributed by atoms with Crippen LogP contribution in [-0.2, 0) is 13.2 Å². The van der Waals surface area contributed by atoms with E-state index in [-0.39, 0.29) is 6.61 Å². The van der Waals surface area contributed by atoms with Crippen molar-refractivity contribution in [3.8, 4) is 0 Å². The van der Waals surface area contributed by atoms with Crippen LogP contribution < -0.4 is 0 Å². The van der Waals surface area contributed by atoms with Gasteiger partial charge in [0.05, 0.1) is 24.4 Å². The second kappa shape index (κ2) is 5.14. The number of aliphatic hydroxyl groups excluding tert-OH is 1. The summed E-state index contributed by atoms with van der Waals surface area (Å²) in [5, 5.41) is 13.3. The Morgan fingerprint density at radius 1 is 1.22 bits per heavy atom. The Labute approximate surface area is 106 Å². The molecule has 0 bridgehead atoms. The molecule has 1 aromatic carbocycles. The van der Waals surface area contributed by atoms with E-state index in [0.717, 1.165) is 28.8 Å². The summed E-state index contributed by atoms with van der Waals surface area (Å²) in [5.41, 5.74) is 4.29. The Hall–Kier alpha value is -1.94. The van der Waals surface area contributed by atoms with Gasteiger partial charge in [-0.3, -0.25) is 9.48 Å². The first kappa shape index (κ1) is 12.5. The molecule has 1 N–H and O–H groups in total. The fourth-order valence-electron chi connectivity index (χ4n) is 1.96. The maximum absolute atomic E-state index is 10.9. The van der Waals surface area contributed by atoms with Gasteiger partial charge in [0.25, 0.3) is 0 Å². The second-order valence-corrected chi connectivity index (χ2v) is 4.33. The smallest absolute Gasteiger partial charge is 0.153 e. The lowest BCUT2D eigenvalue weighted by atomic mass is 10.1. The first-order valence-corrected chi connectivity index (χ1v) is 5.83. The number of rotatable bonds is 4. The molecule has 0 saturated carbocycles. The Balaban J connectivity index is 2.25. The molecule has 0 fully saturated rings. The first-order chi connectivity index (χ1) is 8.65. The molecule has 4 nitrogen and oxygen atoms in total. The maximum Gasteiger partial charge on any atom is 0.153 e. The van der Waals surface area contributed by atoms with Gasteiger partial charge in [0.15, 0.2) is 6.29 Å². The minimum atomic E-state index is 0.0511. The lowest BCUT2D eigenvalue weighted by Gasteiger charge is -2.05. The van der Waals surface area contributed by atoms with Crippen molar-refractivity contribution in [1.82, 2.24) is 9.78 Å². The normalized spacial score (nSPS) is 10.6. The topological polar surface area (TPSA) is 55.1 Å². The molecule has 0 saturated heterocycles. The number of aryl methyl sites for hydroxylation is 1. The molecule has 2 rings (SSSR count). The van der Waals surface area contributed by atoms with Gasteiger partial charge in [-0.15, -0.1) is 0 Å². The molecular formula is C14H16N2O2. The van der Waals surface area contributed by atoms with E-state index < -0.39 is 0 Å². The predicted octanol–water partition coefficient (Wildman–Crippen LogP) is 1.85. The SMILES string of the molecule is Cc1nn(Cc2ccc(CO)cc2)c(C)c1C=O. The van der Waals surface area contributed by atoms with Crippen LogP contribution in [0.25, 0.3) is 0 Å². The molecule has 0 unspecified atom stereocenters. The first-order valence-electron chi connectivity index (χ1n) is 5.83. The van der Waals surface area contributed by atoms with E-state index >= 15 is 0 Å². The highest BCUT2D eigenvalue weighted by molar-refractivity contribution is 5.78. The zero-order valence-electron chi connectivity index (χ0n) is 10.6. The third-order valence-corrected chi connectivity index (χ3v) is 3.09. The fraction of sp³-hybridized carbons (Fsp3) is 0.286. The quantitative estimate of drug-likeness (QED) is 0.835. The third kappa shape index (κ3) is 2.33. The minimum Gasteiger partial charge on any atom is -0.392 e. The van der Waals surface area contributed by atoms with Gasteiger partial charge >= 0.3 is 0 Å². The van der Waals surface area contributed by atoms with Gasteiger partial charge in [-0.1, -0.05) is 24.3 Å². The van der Waals surface area contributed by atoms with Crippen molar-refractivity contribution in [2.45, 2.75) is 27.0 Å². The van der Waals surface area contributed by atoms with Crippen LogP contribution in [-0.4, -0.2) is 21.2 Å². The molecule has 18 heavy (non-hydrogen) atoms. The Bertz CT molecular complexity index is 556. The number of carbonyl (C=O) groups is 1. The van der Waals surface area contributed by atoms with Gasteiger partial charge in [0, 0.05) is 5.69 Å². The van der Waals surface area contributed by atoms with Gasteiger partial charge in [-0.2, -0.15) is 5.10 Å². The van der Waals surface area contributed by atoms with Crippen LogP contribution in [0.2, 0.25) is 0 Å². The summed E-state index contributed by atoms with van der Waals surface area (Å²) in [6.45, 7) is 4.41. The van der Waals surface area contributed by atoms with Crippen molar-refractivity contribution in [3.63, 3.8) is 0 Å². The lowest BCUT2D eigenvalue weighted by molar-refractivity contribution is 0.112. The zero-order valence-corrected chi connectivity index (χ0v) is 10.6. The van der Waals surface area contributed by atoms with E-state index in [4.69, 9.17) is 5.11 Å². The number of aliphatic hydroxyl groups is 1. The van der Waals surface area contributed by atoms with Gasteiger partial charge in [-0.25, -0.2) is 0 Å². The molecule has 4 heteroatoms. The molecule has 0 aliphatic carbocycles. The summed E-state index contributed by atoms with van der Waals surface area (Å²) in [5.74, 6) is 0. The highest BCUT2D eigenvalue weighted by atomic mass is 16.3. The Morgan fingerprint density at radius 3 is 2.33 bits per heavy atom. The van der Waals surface area contributed by atoms with E-state index in [1.165, 1.54) is 0 Å². The summed E-state index contributed by atoms with van der Waals surface area (Å²) in [6, 6.07) is 7.70. The van der Waals surface area contributed by atoms with Gasteiger partial charge in [0.1, 0.15) is 0 Å². The van der Waals surface area contributed by atoms with Crippen molar-refractivity contribution in [2.75, 3.05) is 0 Å². The average Bonchev–Trinajstić information content (AvgIpc) is 2.65. The van der Waals surface area contributed by atoms with Gasteiger partial charge in [-0.05, 0) is 25.0 Å². The molecule has 94 valence electrons. The highest BCUT2D eigenvalue weighted by Gasteiger charge is 2.10. The largest absolute Gasteiger partial charge is 0.392 e. The summed E-state index contributed by atoms with van der Waals surface area (Å²) in [6.07, 6.45) is 0.850. The highest BCUT2D eigenvalue weighted by Crippen LogP contribution is 2.13. The fourth-order valence-corrected chi connectivity index (χ4v) is 1.96. The summed E-state index contributed by atoms with van der Waals surface area (Å²) in [4.78, 5) is 10.9. The molecule has 0 amide bonds. The monoisotopic (exact) mass is 244 g/mol. The molecule has 1 aromatic heterocycles. The van der Waals surface area contributed by atoms with Crippen molar-refractivity contribution < 1.29 is 9.90 Å². The number of aromatic nitrogens is 2. The number of carbonyl (C=O) groups excluding carboxylic acids is 1. The maximum atomic E-state index is 10.9. The van der Waals surface area contributed by atoms with Crippen molar-refractivity contribution in [2.24, 2.45) is 0 Å². The van der Waals surface area contributed by atoms with Crippen LogP contribution in [0.15, 0.2) is 24.3 Å². The number of hydrogen-bond donors (Lipinski definition) is 1. The number of benzene rings is 1. The van der Waals surface area contributed by atoms with Crippen molar-refractivity contribution in [1.29, 1.82) is 0 Å². The number of hydrogen-bond acceptors (Lipinski definition) is 3. The van der Waals surface area contributed by atoms with Gasteiger partial charge < -0.3 is 5.11 Å². The standard InChI is InChI=1S/C14H16N2O2/c1-10-14(9-18)11(2)16(15-10)7-12-3-5-13(8-17)6-4-12/h3-6,9,17H,7-8H2,1-2H3. The van der Waals surface area contributed by atoms with Crippen LogP contribution in [0.3, 0.4) is 0 Å². The van der Waals surface area contributed by atoms with E-state index in [0.29, 0.717) is 12.1 Å². The zero-order chi connectivity index (χ0) is 13.1.